The lowest BCUT2D eigenvalue weighted by atomic mass is 9.98. The van der Waals surface area contributed by atoms with E-state index in [0.717, 1.165) is 19.5 Å². The molecule has 0 aromatic carbocycles. The SMILES string of the molecule is CCCCCCCCN1CCC(=O)C(C)C1. The molecule has 1 unspecified atom stereocenters. The number of piperidine rings is 1. The number of hydrogen-bond donors (Lipinski definition) is 0. The zero-order chi connectivity index (χ0) is 11.8. The van der Waals surface area contributed by atoms with E-state index in [4.69, 9.17) is 0 Å². The first-order chi connectivity index (χ1) is 7.74. The fourth-order valence-corrected chi connectivity index (χ4v) is 2.41. The second-order valence-corrected chi connectivity index (χ2v) is 5.19. The van der Waals surface area contributed by atoms with Gasteiger partial charge in [-0.1, -0.05) is 46.0 Å². The predicted molar refractivity (Wildman–Crippen MR) is 68.6 cm³/mol. The molecular weight excluding hydrogens is 198 g/mol. The van der Waals surface area contributed by atoms with Gasteiger partial charge in [0, 0.05) is 25.4 Å². The second kappa shape index (κ2) is 7.83. The van der Waals surface area contributed by atoms with Gasteiger partial charge in [-0.15, -0.1) is 0 Å². The highest BCUT2D eigenvalue weighted by molar-refractivity contribution is 5.81. The molecule has 1 rings (SSSR count). The lowest BCUT2D eigenvalue weighted by Crippen LogP contribution is -2.39. The molecule has 0 bridgehead atoms. The second-order valence-electron chi connectivity index (χ2n) is 5.19. The van der Waals surface area contributed by atoms with Crippen LogP contribution in [0.25, 0.3) is 0 Å². The van der Waals surface area contributed by atoms with Crippen molar-refractivity contribution in [2.24, 2.45) is 5.92 Å². The van der Waals surface area contributed by atoms with Crippen molar-refractivity contribution in [2.75, 3.05) is 19.6 Å². The summed E-state index contributed by atoms with van der Waals surface area (Å²) in [6.45, 7) is 7.51. The molecule has 1 heterocycles. The van der Waals surface area contributed by atoms with E-state index in [1.165, 1.54) is 45.1 Å². The Bertz CT molecular complexity index is 203. The van der Waals surface area contributed by atoms with Crippen LogP contribution in [0, 0.1) is 5.92 Å². The van der Waals surface area contributed by atoms with Gasteiger partial charge in [0.15, 0.2) is 0 Å². The lowest BCUT2D eigenvalue weighted by molar-refractivity contribution is -0.125. The Kier molecular flexibility index (Phi) is 6.70. The largest absolute Gasteiger partial charge is 0.302 e. The summed E-state index contributed by atoms with van der Waals surface area (Å²) in [4.78, 5) is 13.8. The highest BCUT2D eigenvalue weighted by Gasteiger charge is 2.22. The average molecular weight is 225 g/mol. The molecule has 0 N–H and O–H groups in total. The maximum atomic E-state index is 11.4. The van der Waals surface area contributed by atoms with Gasteiger partial charge in [-0.3, -0.25) is 4.79 Å². The van der Waals surface area contributed by atoms with Gasteiger partial charge < -0.3 is 4.90 Å². The van der Waals surface area contributed by atoms with E-state index in [-0.39, 0.29) is 5.92 Å². The van der Waals surface area contributed by atoms with Crippen LogP contribution in [-0.4, -0.2) is 30.3 Å². The van der Waals surface area contributed by atoms with Gasteiger partial charge in [0.2, 0.25) is 0 Å². The normalized spacial score (nSPS) is 22.6. The highest BCUT2D eigenvalue weighted by Crippen LogP contribution is 2.13. The zero-order valence-electron chi connectivity index (χ0n) is 11.0. The maximum Gasteiger partial charge on any atom is 0.138 e. The Morgan fingerprint density at radius 1 is 1.19 bits per heavy atom. The minimum atomic E-state index is 0.272. The van der Waals surface area contributed by atoms with Gasteiger partial charge in [-0.05, 0) is 13.0 Å². The first-order valence-electron chi connectivity index (χ1n) is 6.99. The molecule has 0 radical (unpaired) electrons. The van der Waals surface area contributed by atoms with Crippen molar-refractivity contribution in [3.8, 4) is 0 Å². The van der Waals surface area contributed by atoms with Crippen LogP contribution in [-0.2, 0) is 4.79 Å². The van der Waals surface area contributed by atoms with Crippen molar-refractivity contribution in [2.45, 2.75) is 58.8 Å². The van der Waals surface area contributed by atoms with Gasteiger partial charge in [-0.2, -0.15) is 0 Å². The predicted octanol–water partition coefficient (Wildman–Crippen LogP) is 3.26. The highest BCUT2D eigenvalue weighted by atomic mass is 16.1. The Labute approximate surface area is 100 Å². The minimum Gasteiger partial charge on any atom is -0.302 e. The van der Waals surface area contributed by atoms with Crippen molar-refractivity contribution in [1.82, 2.24) is 4.90 Å². The first kappa shape index (κ1) is 13.7. The summed E-state index contributed by atoms with van der Waals surface area (Å²) < 4.78 is 0. The Morgan fingerprint density at radius 3 is 2.56 bits per heavy atom. The summed E-state index contributed by atoms with van der Waals surface area (Å²) in [5.41, 5.74) is 0. The van der Waals surface area contributed by atoms with E-state index in [1.807, 2.05) is 0 Å². The molecule has 2 heteroatoms. The van der Waals surface area contributed by atoms with Crippen LogP contribution in [0.1, 0.15) is 58.8 Å². The van der Waals surface area contributed by atoms with E-state index in [9.17, 15) is 4.79 Å². The molecule has 1 aliphatic rings. The molecule has 2 nitrogen and oxygen atoms in total. The summed E-state index contributed by atoms with van der Waals surface area (Å²) >= 11 is 0. The van der Waals surface area contributed by atoms with Gasteiger partial charge >= 0.3 is 0 Å². The molecule has 0 spiro atoms. The molecule has 0 aliphatic carbocycles. The van der Waals surface area contributed by atoms with Crippen molar-refractivity contribution in [3.63, 3.8) is 0 Å². The van der Waals surface area contributed by atoms with Crippen LogP contribution >= 0.6 is 0 Å². The van der Waals surface area contributed by atoms with Gasteiger partial charge in [0.1, 0.15) is 5.78 Å². The number of Topliss-reactive ketones (excluding diaryl/α,β-unsaturated/α-hetero) is 1. The first-order valence-corrected chi connectivity index (χ1v) is 6.99. The summed E-state index contributed by atoms with van der Waals surface area (Å²) in [6, 6.07) is 0. The van der Waals surface area contributed by atoms with Crippen LogP contribution in [0.5, 0.6) is 0 Å². The van der Waals surface area contributed by atoms with Crippen molar-refractivity contribution in [3.05, 3.63) is 0 Å². The third-order valence-corrected chi connectivity index (χ3v) is 3.58. The van der Waals surface area contributed by atoms with Crippen LogP contribution in [0.15, 0.2) is 0 Å². The molecule has 0 aromatic heterocycles. The average Bonchev–Trinajstić information content (AvgIpc) is 2.28. The van der Waals surface area contributed by atoms with E-state index in [1.54, 1.807) is 0 Å². The van der Waals surface area contributed by atoms with Gasteiger partial charge in [0.25, 0.3) is 0 Å². The maximum absolute atomic E-state index is 11.4. The zero-order valence-corrected chi connectivity index (χ0v) is 11.0. The van der Waals surface area contributed by atoms with Crippen molar-refractivity contribution in [1.29, 1.82) is 0 Å². The van der Waals surface area contributed by atoms with Crippen LogP contribution in [0.3, 0.4) is 0 Å². The summed E-state index contributed by atoms with van der Waals surface area (Å²) in [7, 11) is 0. The summed E-state index contributed by atoms with van der Waals surface area (Å²) in [5, 5.41) is 0. The molecule has 94 valence electrons. The number of rotatable bonds is 7. The van der Waals surface area contributed by atoms with Crippen molar-refractivity contribution >= 4 is 5.78 Å². The van der Waals surface area contributed by atoms with E-state index in [0.29, 0.717) is 5.78 Å². The summed E-state index contributed by atoms with van der Waals surface area (Å²) in [5.74, 6) is 0.730. The molecule has 1 saturated heterocycles. The number of carbonyl (C=O) groups is 1. The number of nitrogens with zero attached hydrogens (tertiary/aromatic N) is 1. The molecule has 1 fully saturated rings. The molecule has 1 atom stereocenters. The van der Waals surface area contributed by atoms with E-state index in [2.05, 4.69) is 18.7 Å². The molecule has 16 heavy (non-hydrogen) atoms. The fraction of sp³-hybridized carbons (Fsp3) is 0.929. The quantitative estimate of drug-likeness (QED) is 0.620. The van der Waals surface area contributed by atoms with Crippen LogP contribution in [0.4, 0.5) is 0 Å². The Hall–Kier alpha value is -0.370. The molecule has 0 saturated carbocycles. The molecular formula is C14H27NO. The molecule has 0 aromatic rings. The third kappa shape index (κ3) is 5.11. The van der Waals surface area contributed by atoms with Crippen LogP contribution < -0.4 is 0 Å². The Morgan fingerprint density at radius 2 is 1.88 bits per heavy atom. The van der Waals surface area contributed by atoms with Crippen molar-refractivity contribution < 1.29 is 4.79 Å². The number of likely N-dealkylation sites (tertiary alicyclic amines) is 1. The molecule has 0 amide bonds. The standard InChI is InChI=1S/C14H27NO/c1-3-4-5-6-7-8-10-15-11-9-14(16)13(2)12-15/h13H,3-12H2,1-2H3. The number of carbonyl (C=O) groups excluding carboxylic acids is 1. The monoisotopic (exact) mass is 225 g/mol. The Balaban J connectivity index is 1.99. The third-order valence-electron chi connectivity index (χ3n) is 3.58. The smallest absolute Gasteiger partial charge is 0.138 e. The van der Waals surface area contributed by atoms with Gasteiger partial charge in [-0.25, -0.2) is 0 Å². The van der Waals surface area contributed by atoms with Crippen LogP contribution in [0.2, 0.25) is 0 Å². The topological polar surface area (TPSA) is 20.3 Å². The fourth-order valence-electron chi connectivity index (χ4n) is 2.41. The number of unbranched alkanes of at least 4 members (excludes halogenated alkanes) is 5. The molecule has 1 aliphatic heterocycles. The number of ketones is 1. The van der Waals surface area contributed by atoms with Gasteiger partial charge in [0.05, 0.1) is 0 Å². The van der Waals surface area contributed by atoms with E-state index >= 15 is 0 Å². The van der Waals surface area contributed by atoms with E-state index < -0.39 is 0 Å². The lowest BCUT2D eigenvalue weighted by Gasteiger charge is -2.29. The summed E-state index contributed by atoms with van der Waals surface area (Å²) in [6.07, 6.45) is 8.93. The number of hydrogen-bond acceptors (Lipinski definition) is 2. The minimum absolute atomic E-state index is 0.272.